The maximum Gasteiger partial charge on any atom is 0.237 e. The minimum absolute atomic E-state index is 0.209. The van der Waals surface area contributed by atoms with Crippen molar-refractivity contribution in [2.45, 2.75) is 55.8 Å². The van der Waals surface area contributed by atoms with Crippen molar-refractivity contribution >= 4 is 29.3 Å². The van der Waals surface area contributed by atoms with Gasteiger partial charge in [0.1, 0.15) is 0 Å². The Bertz CT molecular complexity index is 450. The molecule has 0 aliphatic heterocycles. The smallest absolute Gasteiger partial charge is 0.237 e. The largest absolute Gasteiger partial charge is 0.368 e. The van der Waals surface area contributed by atoms with E-state index in [0.717, 1.165) is 9.92 Å². The third-order valence-corrected chi connectivity index (χ3v) is 4.36. The molecule has 112 valence electrons. The molecule has 0 spiro atoms. The average molecular weight is 315 g/mol. The summed E-state index contributed by atoms with van der Waals surface area (Å²) in [5, 5.41) is 4.26. The highest BCUT2D eigenvalue weighted by Crippen LogP contribution is 2.29. The summed E-state index contributed by atoms with van der Waals surface area (Å²) in [6.45, 7) is 7.99. The van der Waals surface area contributed by atoms with Crippen LogP contribution < -0.4 is 11.1 Å². The standard InChI is InChI=1S/C15H23ClN2OS/c1-10(2)18-15(4,14(17)19)9-11(3)20-13-7-5-12(16)6-8-13/h5-8,10-11,18H,9H2,1-4H3,(H2,17,19). The Kier molecular flexibility index (Phi) is 6.37. The first-order valence-electron chi connectivity index (χ1n) is 6.73. The first-order valence-corrected chi connectivity index (χ1v) is 7.98. The molecule has 2 atom stereocenters. The molecule has 20 heavy (non-hydrogen) atoms. The Morgan fingerprint density at radius 2 is 1.90 bits per heavy atom. The lowest BCUT2D eigenvalue weighted by Gasteiger charge is -2.32. The topological polar surface area (TPSA) is 55.1 Å². The third kappa shape index (κ3) is 5.35. The number of carbonyl (C=O) groups excluding carboxylic acids is 1. The van der Waals surface area contributed by atoms with E-state index in [9.17, 15) is 4.79 Å². The molecular formula is C15H23ClN2OS. The fourth-order valence-electron chi connectivity index (χ4n) is 2.23. The van der Waals surface area contributed by atoms with Gasteiger partial charge < -0.3 is 11.1 Å². The van der Waals surface area contributed by atoms with Crippen molar-refractivity contribution < 1.29 is 4.79 Å². The Morgan fingerprint density at radius 1 is 1.35 bits per heavy atom. The van der Waals surface area contributed by atoms with Crippen molar-refractivity contribution in [2.75, 3.05) is 0 Å². The van der Waals surface area contributed by atoms with Crippen LogP contribution in [0.25, 0.3) is 0 Å². The number of rotatable bonds is 7. The highest BCUT2D eigenvalue weighted by molar-refractivity contribution is 7.99. The summed E-state index contributed by atoms with van der Waals surface area (Å²) in [5.74, 6) is -0.310. The minimum Gasteiger partial charge on any atom is -0.368 e. The van der Waals surface area contributed by atoms with E-state index in [0.29, 0.717) is 6.42 Å². The fraction of sp³-hybridized carbons (Fsp3) is 0.533. The van der Waals surface area contributed by atoms with Gasteiger partial charge in [-0.1, -0.05) is 18.5 Å². The van der Waals surface area contributed by atoms with Crippen LogP contribution in [0, 0.1) is 0 Å². The summed E-state index contributed by atoms with van der Waals surface area (Å²) in [5.41, 5.74) is 4.87. The van der Waals surface area contributed by atoms with Crippen molar-refractivity contribution in [3.05, 3.63) is 29.3 Å². The van der Waals surface area contributed by atoms with Crippen molar-refractivity contribution in [1.29, 1.82) is 0 Å². The Hall–Kier alpha value is -0.710. The van der Waals surface area contributed by atoms with E-state index < -0.39 is 5.54 Å². The molecule has 2 unspecified atom stereocenters. The average Bonchev–Trinajstić information content (AvgIpc) is 2.30. The van der Waals surface area contributed by atoms with Crippen LogP contribution >= 0.6 is 23.4 Å². The number of hydrogen-bond donors (Lipinski definition) is 2. The number of amides is 1. The first kappa shape index (κ1) is 17.3. The molecule has 0 saturated heterocycles. The second-order valence-corrected chi connectivity index (χ2v) is 7.53. The van der Waals surface area contributed by atoms with Gasteiger partial charge in [-0.2, -0.15) is 0 Å². The lowest BCUT2D eigenvalue weighted by molar-refractivity contribution is -0.124. The normalized spacial score (nSPS) is 15.9. The molecule has 1 aromatic rings. The van der Waals surface area contributed by atoms with Crippen LogP contribution in [0.15, 0.2) is 29.2 Å². The molecule has 1 aromatic carbocycles. The van der Waals surface area contributed by atoms with Crippen molar-refractivity contribution in [2.24, 2.45) is 5.73 Å². The monoisotopic (exact) mass is 314 g/mol. The van der Waals surface area contributed by atoms with Gasteiger partial charge in [0, 0.05) is 21.2 Å². The predicted molar refractivity (Wildman–Crippen MR) is 87.3 cm³/mol. The van der Waals surface area contributed by atoms with Gasteiger partial charge in [0.15, 0.2) is 0 Å². The summed E-state index contributed by atoms with van der Waals surface area (Å²) in [6.07, 6.45) is 0.674. The minimum atomic E-state index is -0.687. The van der Waals surface area contributed by atoms with E-state index in [1.54, 1.807) is 11.8 Å². The predicted octanol–water partition coefficient (Wildman–Crippen LogP) is 3.45. The number of nitrogens with one attached hydrogen (secondary N) is 1. The zero-order chi connectivity index (χ0) is 15.3. The lowest BCUT2D eigenvalue weighted by Crippen LogP contribution is -2.56. The molecule has 5 heteroatoms. The zero-order valence-electron chi connectivity index (χ0n) is 12.4. The molecule has 3 nitrogen and oxygen atoms in total. The lowest BCUT2D eigenvalue weighted by atomic mass is 9.94. The quantitative estimate of drug-likeness (QED) is 0.758. The molecule has 1 amide bonds. The number of halogens is 1. The number of carbonyl (C=O) groups is 1. The molecular weight excluding hydrogens is 292 g/mol. The van der Waals surface area contributed by atoms with Gasteiger partial charge in [0.05, 0.1) is 5.54 Å². The van der Waals surface area contributed by atoms with Crippen LogP contribution in [0.4, 0.5) is 0 Å². The molecule has 0 bridgehead atoms. The van der Waals surface area contributed by atoms with Crippen molar-refractivity contribution in [3.63, 3.8) is 0 Å². The first-order chi connectivity index (χ1) is 9.23. The van der Waals surface area contributed by atoms with Gasteiger partial charge in [-0.3, -0.25) is 4.79 Å². The molecule has 0 fully saturated rings. The summed E-state index contributed by atoms with van der Waals surface area (Å²) in [4.78, 5) is 12.9. The molecule has 0 aromatic heterocycles. The number of hydrogen-bond acceptors (Lipinski definition) is 3. The van der Waals surface area contributed by atoms with Crippen LogP contribution in [0.3, 0.4) is 0 Å². The van der Waals surface area contributed by atoms with Crippen molar-refractivity contribution in [3.8, 4) is 0 Å². The molecule has 1 rings (SSSR count). The van der Waals surface area contributed by atoms with Gasteiger partial charge in [-0.15, -0.1) is 11.8 Å². The SMILES string of the molecule is CC(C)NC(C)(CC(C)Sc1ccc(Cl)cc1)C(N)=O. The molecule has 0 heterocycles. The van der Waals surface area contributed by atoms with Crippen LogP contribution in [0.5, 0.6) is 0 Å². The summed E-state index contributed by atoms with van der Waals surface area (Å²) in [7, 11) is 0. The molecule has 0 aliphatic rings. The van der Waals surface area contributed by atoms with Crippen LogP contribution in [0.1, 0.15) is 34.1 Å². The van der Waals surface area contributed by atoms with E-state index in [1.807, 2.05) is 45.0 Å². The summed E-state index contributed by atoms with van der Waals surface area (Å²) < 4.78 is 0. The molecule has 0 saturated carbocycles. The second kappa shape index (κ2) is 7.34. The Balaban J connectivity index is 2.69. The maximum absolute atomic E-state index is 11.7. The number of thioether (sulfide) groups is 1. The van der Waals surface area contributed by atoms with E-state index in [1.165, 1.54) is 0 Å². The molecule has 0 aliphatic carbocycles. The maximum atomic E-state index is 11.7. The van der Waals surface area contributed by atoms with Gasteiger partial charge in [0.25, 0.3) is 0 Å². The van der Waals surface area contributed by atoms with Crippen LogP contribution in [-0.2, 0) is 4.79 Å². The van der Waals surface area contributed by atoms with E-state index in [2.05, 4.69) is 12.2 Å². The Labute approximate surface area is 130 Å². The van der Waals surface area contributed by atoms with Gasteiger partial charge in [-0.25, -0.2) is 0 Å². The molecule has 0 radical (unpaired) electrons. The fourth-order valence-corrected chi connectivity index (χ4v) is 3.53. The van der Waals surface area contributed by atoms with Crippen LogP contribution in [0.2, 0.25) is 5.02 Å². The highest BCUT2D eigenvalue weighted by Gasteiger charge is 2.33. The van der Waals surface area contributed by atoms with Crippen LogP contribution in [-0.4, -0.2) is 22.7 Å². The van der Waals surface area contributed by atoms with E-state index >= 15 is 0 Å². The number of benzene rings is 1. The third-order valence-electron chi connectivity index (χ3n) is 3.00. The summed E-state index contributed by atoms with van der Waals surface area (Å²) in [6, 6.07) is 7.93. The van der Waals surface area contributed by atoms with Gasteiger partial charge >= 0.3 is 0 Å². The second-order valence-electron chi connectivity index (χ2n) is 5.58. The molecule has 3 N–H and O–H groups in total. The van der Waals surface area contributed by atoms with E-state index in [-0.39, 0.29) is 17.2 Å². The zero-order valence-corrected chi connectivity index (χ0v) is 14.0. The highest BCUT2D eigenvalue weighted by atomic mass is 35.5. The Morgan fingerprint density at radius 3 is 2.35 bits per heavy atom. The van der Waals surface area contributed by atoms with Crippen molar-refractivity contribution in [1.82, 2.24) is 5.32 Å². The summed E-state index contributed by atoms with van der Waals surface area (Å²) >= 11 is 7.59. The van der Waals surface area contributed by atoms with Gasteiger partial charge in [0.2, 0.25) is 5.91 Å². The van der Waals surface area contributed by atoms with E-state index in [4.69, 9.17) is 17.3 Å². The van der Waals surface area contributed by atoms with Gasteiger partial charge in [-0.05, 0) is 51.5 Å². The number of primary amides is 1. The number of nitrogens with two attached hydrogens (primary N) is 1.